The number of aromatic nitrogens is 2. The zero-order valence-corrected chi connectivity index (χ0v) is 17.4. The summed E-state index contributed by atoms with van der Waals surface area (Å²) in [5.41, 5.74) is 2.65. The van der Waals surface area contributed by atoms with Crippen LogP contribution in [0.15, 0.2) is 47.7 Å². The molecule has 5 nitrogen and oxygen atoms in total. The minimum Gasteiger partial charge on any atom is -0.356 e. The number of likely N-dealkylation sites (tertiary alicyclic amines) is 1. The molecule has 136 valence electrons. The highest BCUT2D eigenvalue weighted by Gasteiger charge is 2.25. The molecule has 2 heterocycles. The summed E-state index contributed by atoms with van der Waals surface area (Å²) in [6.45, 7) is 6.03. The molecule has 2 aromatic rings. The Morgan fingerprint density at radius 3 is 2.80 bits per heavy atom. The second-order valence-electron chi connectivity index (χ2n) is 6.45. The molecule has 1 aromatic heterocycles. The van der Waals surface area contributed by atoms with Gasteiger partial charge in [-0.25, -0.2) is 0 Å². The lowest BCUT2D eigenvalue weighted by Crippen LogP contribution is -2.40. The maximum atomic E-state index is 4.46. The summed E-state index contributed by atoms with van der Waals surface area (Å²) < 4.78 is 2.00. The van der Waals surface area contributed by atoms with Gasteiger partial charge in [0.15, 0.2) is 5.96 Å². The SMILES string of the molecule is CN=C(NCCCn1cc(C)cn1)N1CCC(c2ccccc2)C1.I. The molecule has 1 atom stereocenters. The van der Waals surface area contributed by atoms with Gasteiger partial charge in [-0.2, -0.15) is 5.10 Å². The number of rotatable bonds is 5. The van der Waals surface area contributed by atoms with Crippen molar-refractivity contribution >= 4 is 29.9 Å². The van der Waals surface area contributed by atoms with E-state index in [9.17, 15) is 0 Å². The number of aliphatic imine (C=N–C) groups is 1. The number of benzene rings is 1. The van der Waals surface area contributed by atoms with Gasteiger partial charge < -0.3 is 10.2 Å². The molecular formula is C19H28IN5. The zero-order valence-electron chi connectivity index (χ0n) is 15.1. The Morgan fingerprint density at radius 1 is 1.32 bits per heavy atom. The van der Waals surface area contributed by atoms with Gasteiger partial charge in [-0.3, -0.25) is 9.67 Å². The van der Waals surface area contributed by atoms with Crippen LogP contribution in [0, 0.1) is 6.92 Å². The maximum absolute atomic E-state index is 4.46. The summed E-state index contributed by atoms with van der Waals surface area (Å²) in [7, 11) is 1.87. The van der Waals surface area contributed by atoms with Gasteiger partial charge in [0, 0.05) is 45.3 Å². The summed E-state index contributed by atoms with van der Waals surface area (Å²) in [4.78, 5) is 6.83. The van der Waals surface area contributed by atoms with Crippen molar-refractivity contribution in [1.29, 1.82) is 0 Å². The smallest absolute Gasteiger partial charge is 0.193 e. The molecule has 1 fully saturated rings. The highest BCUT2D eigenvalue weighted by Crippen LogP contribution is 2.26. The minimum atomic E-state index is 0. The van der Waals surface area contributed by atoms with Crippen molar-refractivity contribution in [2.24, 2.45) is 4.99 Å². The van der Waals surface area contributed by atoms with Crippen molar-refractivity contribution in [3.05, 3.63) is 53.9 Å². The fourth-order valence-electron chi connectivity index (χ4n) is 3.31. The average Bonchev–Trinajstić information content (AvgIpc) is 3.25. The summed E-state index contributed by atoms with van der Waals surface area (Å²) in [5.74, 6) is 1.63. The normalized spacial score (nSPS) is 17.4. The molecule has 1 aliphatic rings. The lowest BCUT2D eigenvalue weighted by atomic mass is 9.99. The summed E-state index contributed by atoms with van der Waals surface area (Å²) in [6, 6.07) is 10.8. The molecule has 1 aromatic carbocycles. The quantitative estimate of drug-likeness (QED) is 0.327. The molecule has 0 spiro atoms. The number of aryl methyl sites for hydroxylation is 2. The van der Waals surface area contributed by atoms with Gasteiger partial charge in [0.1, 0.15) is 0 Å². The summed E-state index contributed by atoms with van der Waals surface area (Å²) in [6.07, 6.45) is 6.22. The Bertz CT molecular complexity index is 667. The Hall–Kier alpha value is -1.57. The number of guanidine groups is 1. The molecule has 0 radical (unpaired) electrons. The standard InChI is InChI=1S/C19H27N5.HI/c1-16-13-22-24(14-16)11-6-10-21-19(20-2)23-12-9-18(15-23)17-7-4-3-5-8-17;/h3-5,7-8,13-14,18H,6,9-12,15H2,1-2H3,(H,20,21);1H. The third-order valence-corrected chi connectivity index (χ3v) is 4.58. The predicted molar refractivity (Wildman–Crippen MR) is 114 cm³/mol. The molecule has 0 bridgehead atoms. The first kappa shape index (κ1) is 19.8. The van der Waals surface area contributed by atoms with Crippen LogP contribution in [0.4, 0.5) is 0 Å². The van der Waals surface area contributed by atoms with Crippen LogP contribution in [-0.2, 0) is 6.54 Å². The number of halogens is 1. The molecule has 1 saturated heterocycles. The maximum Gasteiger partial charge on any atom is 0.193 e. The van der Waals surface area contributed by atoms with Crippen LogP contribution in [0.2, 0.25) is 0 Å². The molecule has 1 unspecified atom stereocenters. The molecule has 6 heteroatoms. The van der Waals surface area contributed by atoms with Crippen LogP contribution >= 0.6 is 24.0 Å². The van der Waals surface area contributed by atoms with Crippen LogP contribution < -0.4 is 5.32 Å². The Labute approximate surface area is 167 Å². The predicted octanol–water partition coefficient (Wildman–Crippen LogP) is 3.26. The largest absolute Gasteiger partial charge is 0.356 e. The van der Waals surface area contributed by atoms with Crippen LogP contribution in [0.3, 0.4) is 0 Å². The first-order valence-corrected chi connectivity index (χ1v) is 8.76. The van der Waals surface area contributed by atoms with Crippen LogP contribution in [0.1, 0.15) is 29.9 Å². The van der Waals surface area contributed by atoms with Crippen molar-refractivity contribution < 1.29 is 0 Å². The fourth-order valence-corrected chi connectivity index (χ4v) is 3.31. The highest BCUT2D eigenvalue weighted by molar-refractivity contribution is 14.0. The van der Waals surface area contributed by atoms with Gasteiger partial charge in [0.2, 0.25) is 0 Å². The van der Waals surface area contributed by atoms with Gasteiger partial charge in [-0.15, -0.1) is 24.0 Å². The first-order chi connectivity index (χ1) is 11.8. The lowest BCUT2D eigenvalue weighted by Gasteiger charge is -2.21. The molecule has 0 aliphatic carbocycles. The van der Waals surface area contributed by atoms with Crippen LogP contribution in [-0.4, -0.2) is 47.3 Å². The topological polar surface area (TPSA) is 45.5 Å². The van der Waals surface area contributed by atoms with Gasteiger partial charge in [0.25, 0.3) is 0 Å². The van der Waals surface area contributed by atoms with E-state index in [1.54, 1.807) is 0 Å². The van der Waals surface area contributed by atoms with Gasteiger partial charge in [-0.1, -0.05) is 30.3 Å². The third-order valence-electron chi connectivity index (χ3n) is 4.58. The lowest BCUT2D eigenvalue weighted by molar-refractivity contribution is 0.479. The Morgan fingerprint density at radius 2 is 2.12 bits per heavy atom. The third kappa shape index (κ3) is 5.45. The second kappa shape index (κ2) is 9.79. The van der Waals surface area contributed by atoms with Gasteiger partial charge in [0.05, 0.1) is 6.20 Å². The first-order valence-electron chi connectivity index (χ1n) is 8.76. The van der Waals surface area contributed by atoms with Crippen LogP contribution in [0.25, 0.3) is 0 Å². The van der Waals surface area contributed by atoms with E-state index in [0.717, 1.165) is 38.6 Å². The monoisotopic (exact) mass is 453 g/mol. The Balaban J connectivity index is 0.00000225. The van der Waals surface area contributed by atoms with Gasteiger partial charge in [-0.05, 0) is 30.9 Å². The van der Waals surface area contributed by atoms with E-state index in [1.807, 2.05) is 17.9 Å². The van der Waals surface area contributed by atoms with Gasteiger partial charge >= 0.3 is 0 Å². The molecular weight excluding hydrogens is 425 g/mol. The Kier molecular flexibility index (Phi) is 7.74. The number of hydrogen-bond acceptors (Lipinski definition) is 2. The van der Waals surface area contributed by atoms with Crippen LogP contribution in [0.5, 0.6) is 0 Å². The van der Waals surface area contributed by atoms with E-state index in [-0.39, 0.29) is 24.0 Å². The van der Waals surface area contributed by atoms with E-state index < -0.39 is 0 Å². The number of hydrogen-bond donors (Lipinski definition) is 1. The number of nitrogens with zero attached hydrogens (tertiary/aromatic N) is 4. The highest BCUT2D eigenvalue weighted by atomic mass is 127. The van der Waals surface area contributed by atoms with E-state index in [4.69, 9.17) is 0 Å². The van der Waals surface area contributed by atoms with Crippen molar-refractivity contribution in [2.75, 3.05) is 26.7 Å². The second-order valence-corrected chi connectivity index (χ2v) is 6.45. The zero-order chi connectivity index (χ0) is 16.8. The number of nitrogens with one attached hydrogen (secondary N) is 1. The molecule has 3 rings (SSSR count). The molecule has 0 saturated carbocycles. The summed E-state index contributed by atoms with van der Waals surface area (Å²) >= 11 is 0. The fraction of sp³-hybridized carbons (Fsp3) is 0.474. The van der Waals surface area contributed by atoms with E-state index in [0.29, 0.717) is 5.92 Å². The van der Waals surface area contributed by atoms with E-state index in [1.165, 1.54) is 17.5 Å². The van der Waals surface area contributed by atoms with Crippen molar-refractivity contribution in [3.8, 4) is 0 Å². The molecule has 25 heavy (non-hydrogen) atoms. The molecule has 0 amide bonds. The minimum absolute atomic E-state index is 0. The van der Waals surface area contributed by atoms with Crippen molar-refractivity contribution in [2.45, 2.75) is 32.2 Å². The van der Waals surface area contributed by atoms with Crippen molar-refractivity contribution in [1.82, 2.24) is 20.0 Å². The average molecular weight is 453 g/mol. The van der Waals surface area contributed by atoms with E-state index in [2.05, 4.69) is 63.8 Å². The molecule has 1 aliphatic heterocycles. The molecule has 1 N–H and O–H groups in total. The van der Waals surface area contributed by atoms with E-state index >= 15 is 0 Å². The summed E-state index contributed by atoms with van der Waals surface area (Å²) in [5, 5.41) is 7.82. The van der Waals surface area contributed by atoms with Crippen molar-refractivity contribution in [3.63, 3.8) is 0 Å².